The topological polar surface area (TPSA) is 80.9 Å². The summed E-state index contributed by atoms with van der Waals surface area (Å²) in [4.78, 5) is 0. The summed E-state index contributed by atoms with van der Waals surface area (Å²) in [6.45, 7) is 11.5. The number of benzene rings is 5. The zero-order valence-electron chi connectivity index (χ0n) is 25.0. The van der Waals surface area contributed by atoms with Gasteiger partial charge in [0.1, 0.15) is 23.0 Å². The maximum Gasteiger partial charge on any atom is 0.121 e. The Balaban J connectivity index is 1.66. The summed E-state index contributed by atoms with van der Waals surface area (Å²) in [7, 11) is 0. The van der Waals surface area contributed by atoms with Crippen LogP contribution in [0.1, 0.15) is 78.6 Å². The van der Waals surface area contributed by atoms with E-state index in [0.29, 0.717) is 11.5 Å². The minimum atomic E-state index is -0.111. The third-order valence-corrected chi connectivity index (χ3v) is 8.40. The van der Waals surface area contributed by atoms with Crippen LogP contribution in [0, 0.1) is 41.5 Å². The van der Waals surface area contributed by atoms with Crippen LogP contribution in [-0.4, -0.2) is 20.4 Å². The van der Waals surface area contributed by atoms with Gasteiger partial charge in [-0.3, -0.25) is 0 Å². The van der Waals surface area contributed by atoms with Gasteiger partial charge in [0.05, 0.1) is 0 Å². The molecule has 0 aliphatic heterocycles. The van der Waals surface area contributed by atoms with Gasteiger partial charge in [-0.25, -0.2) is 0 Å². The molecular weight excluding hydrogens is 520 g/mol. The van der Waals surface area contributed by atoms with E-state index < -0.39 is 0 Å². The second-order valence-electron chi connectivity index (χ2n) is 11.6. The summed E-state index contributed by atoms with van der Waals surface area (Å²) in [6, 6.07) is 28.2. The molecule has 0 spiro atoms. The van der Waals surface area contributed by atoms with Crippen LogP contribution in [0.2, 0.25) is 0 Å². The molecular formula is C38H38O4. The van der Waals surface area contributed by atoms with Crippen LogP contribution < -0.4 is 0 Å². The molecule has 42 heavy (non-hydrogen) atoms. The van der Waals surface area contributed by atoms with E-state index in [4.69, 9.17) is 0 Å². The fourth-order valence-corrected chi connectivity index (χ4v) is 6.06. The predicted molar refractivity (Wildman–Crippen MR) is 169 cm³/mol. The lowest BCUT2D eigenvalue weighted by Gasteiger charge is -2.24. The summed E-state index contributed by atoms with van der Waals surface area (Å²) in [5.41, 5.74) is 11.3. The van der Waals surface area contributed by atoms with Crippen molar-refractivity contribution in [3.05, 3.63) is 152 Å². The van der Waals surface area contributed by atoms with Gasteiger partial charge in [0.25, 0.3) is 0 Å². The Labute approximate surface area is 248 Å². The van der Waals surface area contributed by atoms with Gasteiger partial charge in [-0.05, 0) is 120 Å². The minimum absolute atomic E-state index is 0.104. The molecule has 0 aromatic heterocycles. The van der Waals surface area contributed by atoms with E-state index in [-0.39, 0.29) is 23.3 Å². The summed E-state index contributed by atoms with van der Waals surface area (Å²) in [5.74, 6) is 0.921. The average molecular weight is 559 g/mol. The highest BCUT2D eigenvalue weighted by atomic mass is 16.3. The molecule has 0 aliphatic carbocycles. The molecule has 0 unspecified atom stereocenters. The van der Waals surface area contributed by atoms with Crippen LogP contribution in [0.25, 0.3) is 0 Å². The Morgan fingerprint density at radius 2 is 0.595 bits per heavy atom. The van der Waals surface area contributed by atoms with Gasteiger partial charge in [0.2, 0.25) is 0 Å². The molecule has 0 aliphatic rings. The van der Waals surface area contributed by atoms with E-state index in [0.717, 1.165) is 66.8 Å². The van der Waals surface area contributed by atoms with Gasteiger partial charge in [0.15, 0.2) is 0 Å². The van der Waals surface area contributed by atoms with Crippen LogP contribution in [0.15, 0.2) is 84.9 Å². The van der Waals surface area contributed by atoms with Crippen molar-refractivity contribution in [2.75, 3.05) is 0 Å². The van der Waals surface area contributed by atoms with Gasteiger partial charge < -0.3 is 20.4 Å². The van der Waals surface area contributed by atoms with E-state index in [1.165, 1.54) is 0 Å². The predicted octanol–water partition coefficient (Wildman–Crippen LogP) is 8.72. The Morgan fingerprint density at radius 3 is 0.905 bits per heavy atom. The second kappa shape index (κ2) is 11.3. The maximum atomic E-state index is 10.5. The molecule has 0 saturated carbocycles. The molecule has 5 aromatic rings. The fraction of sp³-hybridized carbons (Fsp3) is 0.211. The van der Waals surface area contributed by atoms with Crippen LogP contribution in [0.3, 0.4) is 0 Å². The molecule has 0 radical (unpaired) electrons. The molecule has 214 valence electrons. The minimum Gasteiger partial charge on any atom is -0.508 e. The summed E-state index contributed by atoms with van der Waals surface area (Å²) >= 11 is 0. The van der Waals surface area contributed by atoms with Crippen molar-refractivity contribution in [2.24, 2.45) is 0 Å². The van der Waals surface area contributed by atoms with Crippen molar-refractivity contribution >= 4 is 0 Å². The van der Waals surface area contributed by atoms with Gasteiger partial charge in [0, 0.05) is 11.8 Å². The molecule has 4 heteroatoms. The van der Waals surface area contributed by atoms with E-state index in [1.54, 1.807) is 12.1 Å². The normalized spacial score (nSPS) is 11.4. The first kappa shape index (κ1) is 28.8. The molecule has 5 rings (SSSR count). The SMILES string of the molecule is Cc1cc(C(c2ccc(C(c3cc(C)c(O)c(C)c3)c3cc(C)c(O)c(C)c3)cc2)c2ccc(O)c(C)c2)ccc1O. The first-order valence-electron chi connectivity index (χ1n) is 14.2. The number of aryl methyl sites for hydroxylation is 6. The third-order valence-electron chi connectivity index (χ3n) is 8.40. The summed E-state index contributed by atoms with van der Waals surface area (Å²) < 4.78 is 0. The van der Waals surface area contributed by atoms with E-state index in [1.807, 2.05) is 90.1 Å². The van der Waals surface area contributed by atoms with Gasteiger partial charge in [-0.1, -0.05) is 72.8 Å². The number of aromatic hydroxyl groups is 4. The lowest BCUT2D eigenvalue weighted by atomic mass is 9.80. The first-order chi connectivity index (χ1) is 19.9. The molecule has 5 aromatic carbocycles. The van der Waals surface area contributed by atoms with Crippen molar-refractivity contribution in [3.63, 3.8) is 0 Å². The van der Waals surface area contributed by atoms with Crippen LogP contribution in [0.4, 0.5) is 0 Å². The highest BCUT2D eigenvalue weighted by molar-refractivity contribution is 5.55. The fourth-order valence-electron chi connectivity index (χ4n) is 6.06. The van der Waals surface area contributed by atoms with E-state index in [9.17, 15) is 20.4 Å². The average Bonchev–Trinajstić information content (AvgIpc) is 2.95. The van der Waals surface area contributed by atoms with Gasteiger partial charge in [-0.15, -0.1) is 0 Å². The van der Waals surface area contributed by atoms with Gasteiger partial charge >= 0.3 is 0 Å². The maximum absolute atomic E-state index is 10.5. The smallest absolute Gasteiger partial charge is 0.121 e. The van der Waals surface area contributed by atoms with Crippen molar-refractivity contribution in [3.8, 4) is 23.0 Å². The standard InChI is InChI=1S/C38H38O4/c1-21-15-29(11-13-33(21)39)35(30-12-14-34(40)22(2)16-30)27-7-9-28(10-8-27)36(31-17-23(3)37(41)24(4)18-31)32-19-25(5)38(42)26(6)20-32/h7-20,35-36,39-42H,1-6H3. The van der Waals surface area contributed by atoms with Crippen LogP contribution in [0.5, 0.6) is 23.0 Å². The molecule has 0 atom stereocenters. The number of phenolic OH excluding ortho intramolecular Hbond substituents is 4. The highest BCUT2D eigenvalue weighted by Crippen LogP contribution is 2.40. The Bertz CT molecular complexity index is 1630. The largest absolute Gasteiger partial charge is 0.508 e. The molecule has 0 fully saturated rings. The molecule has 0 amide bonds. The molecule has 0 heterocycles. The molecule has 4 N–H and O–H groups in total. The Hall–Kier alpha value is -4.70. The number of rotatable bonds is 6. The lowest BCUT2D eigenvalue weighted by Crippen LogP contribution is -2.08. The van der Waals surface area contributed by atoms with E-state index in [2.05, 4.69) is 24.3 Å². The van der Waals surface area contributed by atoms with Crippen molar-refractivity contribution < 1.29 is 20.4 Å². The number of phenols is 4. The number of hydrogen-bond acceptors (Lipinski definition) is 4. The molecule has 0 bridgehead atoms. The van der Waals surface area contributed by atoms with Crippen LogP contribution in [-0.2, 0) is 0 Å². The zero-order chi connectivity index (χ0) is 30.3. The monoisotopic (exact) mass is 558 g/mol. The quantitative estimate of drug-likeness (QED) is 0.157. The first-order valence-corrected chi connectivity index (χ1v) is 14.2. The summed E-state index contributed by atoms with van der Waals surface area (Å²) in [6.07, 6.45) is 0. The zero-order valence-corrected chi connectivity index (χ0v) is 25.0. The van der Waals surface area contributed by atoms with Gasteiger partial charge in [-0.2, -0.15) is 0 Å². The van der Waals surface area contributed by atoms with E-state index >= 15 is 0 Å². The number of hydrogen-bond donors (Lipinski definition) is 4. The Morgan fingerprint density at radius 1 is 0.333 bits per heavy atom. The van der Waals surface area contributed by atoms with Crippen molar-refractivity contribution in [2.45, 2.75) is 53.4 Å². The third kappa shape index (κ3) is 5.45. The molecule has 0 saturated heterocycles. The second-order valence-corrected chi connectivity index (χ2v) is 11.6. The lowest BCUT2D eigenvalue weighted by molar-refractivity contribution is 0.466. The van der Waals surface area contributed by atoms with Crippen LogP contribution >= 0.6 is 0 Å². The van der Waals surface area contributed by atoms with Crippen molar-refractivity contribution in [1.29, 1.82) is 0 Å². The summed E-state index contributed by atoms with van der Waals surface area (Å²) in [5, 5.41) is 41.4. The highest BCUT2D eigenvalue weighted by Gasteiger charge is 2.23. The van der Waals surface area contributed by atoms with Crippen molar-refractivity contribution in [1.82, 2.24) is 0 Å². The Kier molecular flexibility index (Phi) is 7.74. The molecule has 4 nitrogen and oxygen atoms in total.